The van der Waals surface area contributed by atoms with Crippen LogP contribution in [0.3, 0.4) is 0 Å². The summed E-state index contributed by atoms with van der Waals surface area (Å²) in [4.78, 5) is 11.3. The number of rotatable bonds is 5. The summed E-state index contributed by atoms with van der Waals surface area (Å²) in [6.45, 7) is 8.96. The van der Waals surface area contributed by atoms with Crippen LogP contribution >= 0.6 is 0 Å². The van der Waals surface area contributed by atoms with Crippen molar-refractivity contribution in [1.82, 2.24) is 14.9 Å². The lowest BCUT2D eigenvalue weighted by molar-refractivity contribution is 0.0666. The van der Waals surface area contributed by atoms with Crippen molar-refractivity contribution < 1.29 is 4.74 Å². The Morgan fingerprint density at radius 3 is 3.05 bits per heavy atom. The number of ether oxygens (including phenoxy) is 1. The highest BCUT2D eigenvalue weighted by Crippen LogP contribution is 2.09. The molecule has 1 fully saturated rings. The molecule has 0 aliphatic carbocycles. The van der Waals surface area contributed by atoms with Gasteiger partial charge in [0.15, 0.2) is 0 Å². The molecular weight excluding hydrogens is 240 g/mol. The van der Waals surface area contributed by atoms with Crippen LogP contribution in [-0.2, 0) is 11.3 Å². The molecular formula is C14H24N4O. The van der Waals surface area contributed by atoms with Gasteiger partial charge in [0.1, 0.15) is 5.82 Å². The summed E-state index contributed by atoms with van der Waals surface area (Å²) in [6, 6.07) is 0. The average molecular weight is 264 g/mol. The van der Waals surface area contributed by atoms with Crippen molar-refractivity contribution in [2.45, 2.75) is 39.3 Å². The molecule has 0 amide bonds. The number of nitrogens with zero attached hydrogens (tertiary/aromatic N) is 3. The quantitative estimate of drug-likeness (QED) is 0.880. The number of hydrogen-bond acceptors (Lipinski definition) is 5. The van der Waals surface area contributed by atoms with Gasteiger partial charge < -0.3 is 10.1 Å². The highest BCUT2D eigenvalue weighted by molar-refractivity contribution is 5.30. The third-order valence-corrected chi connectivity index (χ3v) is 3.18. The molecule has 1 aromatic heterocycles. The first kappa shape index (κ1) is 14.2. The van der Waals surface area contributed by atoms with Gasteiger partial charge in [-0.2, -0.15) is 0 Å². The molecule has 1 atom stereocenters. The molecule has 1 aliphatic heterocycles. The summed E-state index contributed by atoms with van der Waals surface area (Å²) in [5.74, 6) is 0.859. The SMILES string of the molecule is CCCNc1cnc(CN2CCCOC(C)C2)cn1. The van der Waals surface area contributed by atoms with Crippen molar-refractivity contribution in [2.24, 2.45) is 0 Å². The van der Waals surface area contributed by atoms with Gasteiger partial charge in [-0.05, 0) is 19.8 Å². The predicted molar refractivity (Wildman–Crippen MR) is 76.1 cm³/mol. The second-order valence-electron chi connectivity index (χ2n) is 5.09. The number of nitrogens with one attached hydrogen (secondary N) is 1. The molecule has 2 rings (SSSR count). The van der Waals surface area contributed by atoms with Crippen LogP contribution in [0.1, 0.15) is 32.4 Å². The van der Waals surface area contributed by atoms with Crippen molar-refractivity contribution in [2.75, 3.05) is 31.6 Å². The van der Waals surface area contributed by atoms with Gasteiger partial charge in [-0.15, -0.1) is 0 Å². The minimum atomic E-state index is 0.306. The molecule has 19 heavy (non-hydrogen) atoms. The Labute approximate surface area is 115 Å². The smallest absolute Gasteiger partial charge is 0.144 e. The molecule has 2 heterocycles. The van der Waals surface area contributed by atoms with Crippen molar-refractivity contribution in [3.63, 3.8) is 0 Å². The molecule has 0 bridgehead atoms. The lowest BCUT2D eigenvalue weighted by atomic mass is 10.3. The third kappa shape index (κ3) is 4.76. The Hall–Kier alpha value is -1.20. The van der Waals surface area contributed by atoms with Gasteiger partial charge in [0.2, 0.25) is 0 Å². The molecule has 5 heteroatoms. The summed E-state index contributed by atoms with van der Waals surface area (Å²) >= 11 is 0. The largest absolute Gasteiger partial charge is 0.377 e. The van der Waals surface area contributed by atoms with E-state index in [0.29, 0.717) is 6.10 Å². The van der Waals surface area contributed by atoms with E-state index in [-0.39, 0.29) is 0 Å². The Morgan fingerprint density at radius 2 is 2.32 bits per heavy atom. The first-order chi connectivity index (χ1) is 9.28. The highest BCUT2D eigenvalue weighted by Gasteiger charge is 2.15. The monoisotopic (exact) mass is 264 g/mol. The van der Waals surface area contributed by atoms with Crippen LogP contribution in [0, 0.1) is 0 Å². The second-order valence-corrected chi connectivity index (χ2v) is 5.09. The van der Waals surface area contributed by atoms with Crippen molar-refractivity contribution in [3.05, 3.63) is 18.1 Å². The minimum Gasteiger partial charge on any atom is -0.377 e. The molecule has 1 aliphatic rings. The van der Waals surface area contributed by atoms with E-state index in [9.17, 15) is 0 Å². The molecule has 0 aromatic carbocycles. The van der Waals surface area contributed by atoms with Gasteiger partial charge in [-0.1, -0.05) is 6.92 Å². The van der Waals surface area contributed by atoms with Gasteiger partial charge in [-0.25, -0.2) is 4.98 Å². The molecule has 0 radical (unpaired) electrons. The van der Waals surface area contributed by atoms with Gasteiger partial charge in [0.05, 0.1) is 24.2 Å². The molecule has 106 valence electrons. The van der Waals surface area contributed by atoms with E-state index in [2.05, 4.69) is 34.0 Å². The maximum atomic E-state index is 5.65. The van der Waals surface area contributed by atoms with Crippen LogP contribution in [0.15, 0.2) is 12.4 Å². The number of aromatic nitrogens is 2. The minimum absolute atomic E-state index is 0.306. The Morgan fingerprint density at radius 1 is 1.42 bits per heavy atom. The zero-order valence-electron chi connectivity index (χ0n) is 11.9. The molecule has 0 saturated carbocycles. The second kappa shape index (κ2) is 7.40. The van der Waals surface area contributed by atoms with E-state index in [1.54, 1.807) is 0 Å². The predicted octanol–water partition coefficient (Wildman–Crippen LogP) is 1.91. The van der Waals surface area contributed by atoms with Crippen LogP contribution in [0.5, 0.6) is 0 Å². The van der Waals surface area contributed by atoms with Crippen molar-refractivity contribution in [3.8, 4) is 0 Å². The van der Waals surface area contributed by atoms with Crippen molar-refractivity contribution in [1.29, 1.82) is 0 Å². The standard InChI is InChI=1S/C14H24N4O/c1-3-5-15-14-9-16-13(8-17-14)11-18-6-4-7-19-12(2)10-18/h8-9,12H,3-7,10-11H2,1-2H3,(H,15,17). The summed E-state index contributed by atoms with van der Waals surface area (Å²) in [5, 5.41) is 3.24. The fraction of sp³-hybridized carbons (Fsp3) is 0.714. The zero-order chi connectivity index (χ0) is 13.5. The Bertz CT molecular complexity index is 368. The Kier molecular flexibility index (Phi) is 5.54. The van der Waals surface area contributed by atoms with Crippen LogP contribution in [-0.4, -0.2) is 47.2 Å². The normalized spacial score (nSPS) is 21.1. The average Bonchev–Trinajstić information content (AvgIpc) is 2.62. The fourth-order valence-electron chi connectivity index (χ4n) is 2.23. The first-order valence-corrected chi connectivity index (χ1v) is 7.16. The lowest BCUT2D eigenvalue weighted by Gasteiger charge is -2.21. The van der Waals surface area contributed by atoms with Crippen LogP contribution in [0.4, 0.5) is 5.82 Å². The van der Waals surface area contributed by atoms with E-state index in [1.165, 1.54) is 0 Å². The third-order valence-electron chi connectivity index (χ3n) is 3.18. The van der Waals surface area contributed by atoms with Gasteiger partial charge in [0, 0.05) is 32.8 Å². The molecule has 0 spiro atoms. The van der Waals surface area contributed by atoms with Gasteiger partial charge >= 0.3 is 0 Å². The lowest BCUT2D eigenvalue weighted by Crippen LogP contribution is -2.30. The summed E-state index contributed by atoms with van der Waals surface area (Å²) in [7, 11) is 0. The van der Waals surface area contributed by atoms with Crippen LogP contribution < -0.4 is 5.32 Å². The van der Waals surface area contributed by atoms with Crippen molar-refractivity contribution >= 4 is 5.82 Å². The maximum Gasteiger partial charge on any atom is 0.144 e. The zero-order valence-corrected chi connectivity index (χ0v) is 11.9. The van der Waals surface area contributed by atoms with E-state index < -0.39 is 0 Å². The number of hydrogen-bond donors (Lipinski definition) is 1. The van der Waals surface area contributed by atoms with E-state index >= 15 is 0 Å². The molecule has 1 saturated heterocycles. The summed E-state index contributed by atoms with van der Waals surface area (Å²) in [5.41, 5.74) is 1.02. The van der Waals surface area contributed by atoms with Gasteiger partial charge in [0.25, 0.3) is 0 Å². The molecule has 1 unspecified atom stereocenters. The van der Waals surface area contributed by atoms with Crippen LogP contribution in [0.25, 0.3) is 0 Å². The van der Waals surface area contributed by atoms with E-state index in [4.69, 9.17) is 4.74 Å². The van der Waals surface area contributed by atoms with Gasteiger partial charge in [-0.3, -0.25) is 9.88 Å². The highest BCUT2D eigenvalue weighted by atomic mass is 16.5. The number of anilines is 1. The first-order valence-electron chi connectivity index (χ1n) is 7.16. The summed E-state index contributed by atoms with van der Waals surface area (Å²) in [6.07, 6.45) is 6.18. The van der Waals surface area contributed by atoms with Crippen LogP contribution in [0.2, 0.25) is 0 Å². The molecule has 1 N–H and O–H groups in total. The van der Waals surface area contributed by atoms with E-state index in [1.807, 2.05) is 12.4 Å². The van der Waals surface area contributed by atoms with E-state index in [0.717, 1.165) is 57.1 Å². The Balaban J connectivity index is 1.87. The topological polar surface area (TPSA) is 50.3 Å². The molecule has 1 aromatic rings. The maximum absolute atomic E-state index is 5.65. The molecule has 5 nitrogen and oxygen atoms in total. The summed E-state index contributed by atoms with van der Waals surface area (Å²) < 4.78 is 5.65. The fourth-order valence-corrected chi connectivity index (χ4v) is 2.23.